The number of hydrogen-bond acceptors (Lipinski definition) is 1. The van der Waals surface area contributed by atoms with Crippen LogP contribution in [-0.2, 0) is 0 Å². The molecule has 0 aliphatic heterocycles. The van der Waals surface area contributed by atoms with Crippen molar-refractivity contribution in [3.63, 3.8) is 0 Å². The molecule has 2 rings (SSSR count). The first-order valence-corrected chi connectivity index (χ1v) is 3.60. The second-order valence-corrected chi connectivity index (χ2v) is 3.38. The highest BCUT2D eigenvalue weighted by atomic mass is 14.9. The van der Waals surface area contributed by atoms with Crippen LogP contribution in [0.5, 0.6) is 0 Å². The Hall–Kier alpha value is -0.0400. The van der Waals surface area contributed by atoms with Crippen LogP contribution in [0.2, 0.25) is 0 Å². The summed E-state index contributed by atoms with van der Waals surface area (Å²) < 4.78 is 0. The molecule has 2 unspecified atom stereocenters. The molecule has 0 heterocycles. The minimum Gasteiger partial charge on any atom is -0.325 e. The Bertz CT molecular complexity index is 109. The summed E-state index contributed by atoms with van der Waals surface area (Å²) in [5.41, 5.74) is 6.30. The van der Waals surface area contributed by atoms with Gasteiger partial charge in [0.1, 0.15) is 0 Å². The molecule has 0 aromatic heterocycles. The maximum atomic E-state index is 5.95. The number of hydrogen-bond donors (Lipinski definition) is 1. The van der Waals surface area contributed by atoms with E-state index in [0.717, 1.165) is 5.92 Å². The van der Waals surface area contributed by atoms with Crippen molar-refractivity contribution in [2.24, 2.45) is 11.7 Å². The second-order valence-electron chi connectivity index (χ2n) is 3.38. The molecule has 2 aliphatic rings. The predicted molar refractivity (Wildman–Crippen MR) is 33.5 cm³/mol. The highest BCUT2D eigenvalue weighted by Crippen LogP contribution is 2.51. The number of fused-ring (bicyclic) bond motifs is 1. The summed E-state index contributed by atoms with van der Waals surface area (Å²) in [7, 11) is 0. The number of rotatable bonds is 0. The normalized spacial score (nSPS) is 52.9. The van der Waals surface area contributed by atoms with Gasteiger partial charge in [-0.25, -0.2) is 0 Å². The molecule has 0 aromatic rings. The lowest BCUT2D eigenvalue weighted by molar-refractivity contribution is 0.428. The van der Waals surface area contributed by atoms with Gasteiger partial charge < -0.3 is 5.73 Å². The van der Waals surface area contributed by atoms with Crippen molar-refractivity contribution in [2.75, 3.05) is 0 Å². The molecule has 2 fully saturated rings. The molecule has 2 saturated carbocycles. The fourth-order valence-electron chi connectivity index (χ4n) is 1.94. The third-order valence-corrected chi connectivity index (χ3v) is 2.72. The Morgan fingerprint density at radius 3 is 2.75 bits per heavy atom. The summed E-state index contributed by atoms with van der Waals surface area (Å²) in [5, 5.41) is 0. The van der Waals surface area contributed by atoms with Crippen molar-refractivity contribution >= 4 is 0 Å². The van der Waals surface area contributed by atoms with Crippen molar-refractivity contribution in [1.29, 1.82) is 0 Å². The first kappa shape index (κ1) is 4.80. The maximum Gasteiger partial charge on any atom is 0.0186 e. The maximum absolute atomic E-state index is 5.95. The van der Waals surface area contributed by atoms with Crippen LogP contribution >= 0.6 is 0 Å². The van der Waals surface area contributed by atoms with E-state index in [4.69, 9.17) is 5.73 Å². The van der Waals surface area contributed by atoms with Crippen LogP contribution in [0.4, 0.5) is 0 Å². The minimum atomic E-state index is 0.345. The molecule has 8 heavy (non-hydrogen) atoms. The molecule has 0 spiro atoms. The molecule has 0 aromatic carbocycles. The summed E-state index contributed by atoms with van der Waals surface area (Å²) in [5.74, 6) is 0.927. The third kappa shape index (κ3) is 0.510. The zero-order valence-electron chi connectivity index (χ0n) is 5.19. The highest BCUT2D eigenvalue weighted by molar-refractivity contribution is 5.09. The standard InChI is InChI=1S/C7H13N/c8-7-4-2-1-3-6(7)5-7/h6H,1-5,8H2. The van der Waals surface area contributed by atoms with Crippen molar-refractivity contribution in [3.05, 3.63) is 0 Å². The van der Waals surface area contributed by atoms with E-state index in [1.54, 1.807) is 0 Å². The Balaban J connectivity index is 2.04. The van der Waals surface area contributed by atoms with Gasteiger partial charge in [-0.2, -0.15) is 0 Å². The van der Waals surface area contributed by atoms with Crippen molar-refractivity contribution < 1.29 is 0 Å². The third-order valence-electron chi connectivity index (χ3n) is 2.72. The van der Waals surface area contributed by atoms with Gasteiger partial charge in [0.15, 0.2) is 0 Å². The topological polar surface area (TPSA) is 26.0 Å². The van der Waals surface area contributed by atoms with Gasteiger partial charge in [0.2, 0.25) is 0 Å². The fraction of sp³-hybridized carbons (Fsp3) is 1.00. The molecule has 2 atom stereocenters. The molecule has 0 saturated heterocycles. The average molecular weight is 111 g/mol. The van der Waals surface area contributed by atoms with E-state index in [9.17, 15) is 0 Å². The molecule has 1 heteroatoms. The summed E-state index contributed by atoms with van der Waals surface area (Å²) in [6.07, 6.45) is 6.86. The predicted octanol–water partition coefficient (Wildman–Crippen LogP) is 1.28. The fourth-order valence-corrected chi connectivity index (χ4v) is 1.94. The molecule has 0 radical (unpaired) electrons. The van der Waals surface area contributed by atoms with Crippen LogP contribution in [0.3, 0.4) is 0 Å². The Kier molecular flexibility index (Phi) is 0.762. The van der Waals surface area contributed by atoms with E-state index >= 15 is 0 Å². The Morgan fingerprint density at radius 2 is 2.25 bits per heavy atom. The molecule has 0 amide bonds. The van der Waals surface area contributed by atoms with Crippen LogP contribution in [-0.4, -0.2) is 5.54 Å². The van der Waals surface area contributed by atoms with E-state index in [1.165, 1.54) is 32.1 Å². The first-order chi connectivity index (χ1) is 3.81. The highest BCUT2D eigenvalue weighted by Gasteiger charge is 2.51. The van der Waals surface area contributed by atoms with Crippen LogP contribution in [0.1, 0.15) is 32.1 Å². The lowest BCUT2D eigenvalue weighted by atomic mass is 9.96. The van der Waals surface area contributed by atoms with Gasteiger partial charge in [0.05, 0.1) is 0 Å². The second kappa shape index (κ2) is 1.27. The molecule has 46 valence electrons. The molecule has 2 aliphatic carbocycles. The smallest absolute Gasteiger partial charge is 0.0186 e. The lowest BCUT2D eigenvalue weighted by Crippen LogP contribution is -2.26. The van der Waals surface area contributed by atoms with Gasteiger partial charge in [-0.3, -0.25) is 0 Å². The monoisotopic (exact) mass is 111 g/mol. The first-order valence-electron chi connectivity index (χ1n) is 3.60. The summed E-state index contributed by atoms with van der Waals surface area (Å²) in [6, 6.07) is 0. The Labute approximate surface area is 50.3 Å². The van der Waals surface area contributed by atoms with Gasteiger partial charge in [0.25, 0.3) is 0 Å². The quantitative estimate of drug-likeness (QED) is 0.500. The number of nitrogens with two attached hydrogens (primary N) is 1. The summed E-state index contributed by atoms with van der Waals surface area (Å²) >= 11 is 0. The zero-order valence-corrected chi connectivity index (χ0v) is 5.19. The van der Waals surface area contributed by atoms with Crippen LogP contribution in [0.15, 0.2) is 0 Å². The van der Waals surface area contributed by atoms with Gasteiger partial charge >= 0.3 is 0 Å². The minimum absolute atomic E-state index is 0.345. The largest absolute Gasteiger partial charge is 0.325 e. The van der Waals surface area contributed by atoms with Crippen LogP contribution in [0.25, 0.3) is 0 Å². The van der Waals surface area contributed by atoms with E-state index < -0.39 is 0 Å². The SMILES string of the molecule is NC12CCCCC1C2. The van der Waals surface area contributed by atoms with Crippen molar-refractivity contribution in [1.82, 2.24) is 0 Å². The van der Waals surface area contributed by atoms with Gasteiger partial charge in [0, 0.05) is 5.54 Å². The molecule has 2 N–H and O–H groups in total. The zero-order chi connectivity index (χ0) is 5.61. The van der Waals surface area contributed by atoms with E-state index in [1.807, 2.05) is 0 Å². The summed E-state index contributed by atoms with van der Waals surface area (Å²) in [4.78, 5) is 0. The Morgan fingerprint density at radius 1 is 1.38 bits per heavy atom. The van der Waals surface area contributed by atoms with E-state index in [0.29, 0.717) is 5.54 Å². The van der Waals surface area contributed by atoms with Gasteiger partial charge in [-0.1, -0.05) is 12.8 Å². The van der Waals surface area contributed by atoms with E-state index in [2.05, 4.69) is 0 Å². The summed E-state index contributed by atoms with van der Waals surface area (Å²) in [6.45, 7) is 0. The van der Waals surface area contributed by atoms with Crippen molar-refractivity contribution in [3.8, 4) is 0 Å². The van der Waals surface area contributed by atoms with Crippen LogP contribution in [0, 0.1) is 5.92 Å². The average Bonchev–Trinajstić information content (AvgIpc) is 2.39. The lowest BCUT2D eigenvalue weighted by Gasteiger charge is -2.15. The molecular formula is C7H13N. The van der Waals surface area contributed by atoms with Gasteiger partial charge in [-0.05, 0) is 25.2 Å². The van der Waals surface area contributed by atoms with E-state index in [-0.39, 0.29) is 0 Å². The molecular weight excluding hydrogens is 98.1 g/mol. The van der Waals surface area contributed by atoms with Crippen molar-refractivity contribution in [2.45, 2.75) is 37.6 Å². The van der Waals surface area contributed by atoms with Crippen LogP contribution < -0.4 is 5.73 Å². The van der Waals surface area contributed by atoms with Gasteiger partial charge in [-0.15, -0.1) is 0 Å². The molecule has 1 nitrogen and oxygen atoms in total. The molecule has 0 bridgehead atoms.